The Morgan fingerprint density at radius 1 is 0.882 bits per heavy atom. The van der Waals surface area contributed by atoms with Gasteiger partial charge in [0.05, 0.1) is 6.04 Å². The van der Waals surface area contributed by atoms with Crippen LogP contribution in [0.15, 0.2) is 96.2 Å². The van der Waals surface area contributed by atoms with Crippen LogP contribution in [0.2, 0.25) is 0 Å². The molecule has 1 unspecified atom stereocenters. The molecule has 4 rings (SSSR count). The van der Waals surface area contributed by atoms with E-state index in [0.29, 0.717) is 6.42 Å². The molecule has 174 valence electrons. The highest BCUT2D eigenvalue weighted by molar-refractivity contribution is 7.99. The molecule has 0 spiro atoms. The molecule has 4 aromatic rings. The molecule has 3 aromatic carbocycles. The second kappa shape index (κ2) is 12.2. The first kappa shape index (κ1) is 23.8. The topological polar surface area (TPSA) is 59.8 Å². The number of amides is 1. The maximum atomic E-state index is 12.3. The van der Waals surface area contributed by atoms with Gasteiger partial charge in [-0.25, -0.2) is 0 Å². The molecule has 1 heterocycles. The van der Waals surface area contributed by atoms with Crippen molar-refractivity contribution in [1.29, 1.82) is 0 Å². The fourth-order valence-corrected chi connectivity index (χ4v) is 4.78. The fraction of sp³-hybridized carbons (Fsp3) is 0.250. The van der Waals surface area contributed by atoms with E-state index < -0.39 is 0 Å². The summed E-state index contributed by atoms with van der Waals surface area (Å²) < 4.78 is 2.14. The Labute approximate surface area is 205 Å². The molecular weight excluding hydrogens is 440 g/mol. The number of carbonyl (C=O) groups excluding carboxylic acids is 1. The first-order chi connectivity index (χ1) is 16.7. The average Bonchev–Trinajstić information content (AvgIpc) is 3.27. The number of para-hydroxylation sites is 1. The van der Waals surface area contributed by atoms with E-state index in [1.165, 1.54) is 5.56 Å². The zero-order chi connectivity index (χ0) is 23.6. The minimum absolute atomic E-state index is 0.0236. The van der Waals surface area contributed by atoms with Crippen LogP contribution < -0.4 is 5.32 Å². The summed E-state index contributed by atoms with van der Waals surface area (Å²) in [6.45, 7) is 2.02. The molecule has 1 aromatic heterocycles. The van der Waals surface area contributed by atoms with Crippen LogP contribution in [0.5, 0.6) is 0 Å². The lowest BCUT2D eigenvalue weighted by molar-refractivity contribution is -0.121. The highest BCUT2D eigenvalue weighted by Crippen LogP contribution is 2.24. The first-order valence-electron chi connectivity index (χ1n) is 11.7. The number of aromatic nitrogens is 3. The number of nitrogens with zero attached hydrogens (tertiary/aromatic N) is 3. The van der Waals surface area contributed by atoms with Crippen molar-refractivity contribution in [2.24, 2.45) is 0 Å². The molecule has 5 nitrogen and oxygen atoms in total. The number of rotatable bonds is 11. The van der Waals surface area contributed by atoms with Crippen LogP contribution in [0.25, 0.3) is 5.69 Å². The van der Waals surface area contributed by atoms with Crippen LogP contribution >= 0.6 is 11.8 Å². The SMILES string of the molecule is CC(NC(=O)CCCCSc1nnc(Cc2ccccc2)n1-c1ccccc1)c1ccccc1. The van der Waals surface area contributed by atoms with Crippen molar-refractivity contribution in [1.82, 2.24) is 20.1 Å². The summed E-state index contributed by atoms with van der Waals surface area (Å²) in [6, 6.07) is 30.7. The summed E-state index contributed by atoms with van der Waals surface area (Å²) in [5.41, 5.74) is 3.40. The third-order valence-corrected chi connectivity index (χ3v) is 6.64. The number of thioether (sulfide) groups is 1. The van der Waals surface area contributed by atoms with Gasteiger partial charge in [-0.3, -0.25) is 9.36 Å². The van der Waals surface area contributed by atoms with Gasteiger partial charge in [-0.05, 0) is 43.0 Å². The number of benzene rings is 3. The molecule has 1 atom stereocenters. The molecular formula is C28H30N4OS. The summed E-state index contributed by atoms with van der Waals surface area (Å²) in [7, 11) is 0. The van der Waals surface area contributed by atoms with Crippen LogP contribution in [0, 0.1) is 0 Å². The van der Waals surface area contributed by atoms with Gasteiger partial charge in [-0.1, -0.05) is 90.6 Å². The molecule has 34 heavy (non-hydrogen) atoms. The van der Waals surface area contributed by atoms with E-state index in [9.17, 15) is 4.79 Å². The predicted molar refractivity (Wildman–Crippen MR) is 138 cm³/mol. The third-order valence-electron chi connectivity index (χ3n) is 5.63. The van der Waals surface area contributed by atoms with E-state index in [1.54, 1.807) is 11.8 Å². The lowest BCUT2D eigenvalue weighted by Gasteiger charge is -2.14. The van der Waals surface area contributed by atoms with E-state index in [4.69, 9.17) is 0 Å². The minimum Gasteiger partial charge on any atom is -0.350 e. The van der Waals surface area contributed by atoms with Crippen molar-refractivity contribution in [2.45, 2.75) is 43.8 Å². The molecule has 6 heteroatoms. The number of hydrogen-bond acceptors (Lipinski definition) is 4. The van der Waals surface area contributed by atoms with Gasteiger partial charge in [0, 0.05) is 24.3 Å². The second-order valence-corrected chi connectivity index (χ2v) is 9.30. The highest BCUT2D eigenvalue weighted by Gasteiger charge is 2.15. The molecule has 0 radical (unpaired) electrons. The number of carbonyl (C=O) groups is 1. The van der Waals surface area contributed by atoms with Crippen molar-refractivity contribution >= 4 is 17.7 Å². The summed E-state index contributed by atoms with van der Waals surface area (Å²) in [5.74, 6) is 1.91. The highest BCUT2D eigenvalue weighted by atomic mass is 32.2. The quantitative estimate of drug-likeness (QED) is 0.216. The number of nitrogens with one attached hydrogen (secondary N) is 1. The Kier molecular flexibility index (Phi) is 8.52. The van der Waals surface area contributed by atoms with Crippen molar-refractivity contribution in [3.8, 4) is 5.69 Å². The van der Waals surface area contributed by atoms with Crippen LogP contribution in [0.3, 0.4) is 0 Å². The van der Waals surface area contributed by atoms with Crippen LogP contribution in [0.4, 0.5) is 0 Å². The van der Waals surface area contributed by atoms with Crippen molar-refractivity contribution in [3.63, 3.8) is 0 Å². The lowest BCUT2D eigenvalue weighted by Crippen LogP contribution is -2.26. The van der Waals surface area contributed by atoms with E-state index in [0.717, 1.165) is 47.2 Å². The maximum absolute atomic E-state index is 12.3. The Balaban J connectivity index is 1.31. The molecule has 0 saturated carbocycles. The predicted octanol–water partition coefficient (Wildman–Crippen LogP) is 6.00. The standard InChI is InChI=1S/C28H30N4OS/c1-22(24-15-7-3-8-16-24)29-27(33)19-11-12-20-34-28-31-30-26(21-23-13-5-2-6-14-23)32(28)25-17-9-4-10-18-25/h2-10,13-18,22H,11-12,19-21H2,1H3,(H,29,33). The Hall–Kier alpha value is -3.38. The van der Waals surface area contributed by atoms with Crippen molar-refractivity contribution in [2.75, 3.05) is 5.75 Å². The summed E-state index contributed by atoms with van der Waals surface area (Å²) in [5, 5.41) is 13.0. The van der Waals surface area contributed by atoms with Crippen LogP contribution in [-0.4, -0.2) is 26.4 Å². The molecule has 0 aliphatic heterocycles. The van der Waals surface area contributed by atoms with Gasteiger partial charge in [0.1, 0.15) is 5.82 Å². The van der Waals surface area contributed by atoms with Gasteiger partial charge in [-0.2, -0.15) is 0 Å². The Bertz CT molecular complexity index is 1160. The van der Waals surface area contributed by atoms with E-state index in [2.05, 4.69) is 44.3 Å². The second-order valence-electron chi connectivity index (χ2n) is 8.24. The molecule has 1 amide bonds. The Morgan fingerprint density at radius 2 is 1.53 bits per heavy atom. The van der Waals surface area contributed by atoms with E-state index in [1.807, 2.05) is 73.7 Å². The molecule has 0 fully saturated rings. The van der Waals surface area contributed by atoms with Gasteiger partial charge < -0.3 is 5.32 Å². The molecule has 1 N–H and O–H groups in total. The fourth-order valence-electron chi connectivity index (χ4n) is 3.81. The largest absolute Gasteiger partial charge is 0.350 e. The maximum Gasteiger partial charge on any atom is 0.220 e. The van der Waals surface area contributed by atoms with Gasteiger partial charge in [-0.15, -0.1) is 10.2 Å². The van der Waals surface area contributed by atoms with E-state index in [-0.39, 0.29) is 11.9 Å². The first-order valence-corrected chi connectivity index (χ1v) is 12.7. The molecule has 0 aliphatic rings. The molecule has 0 saturated heterocycles. The van der Waals surface area contributed by atoms with Crippen LogP contribution in [0.1, 0.15) is 49.2 Å². The lowest BCUT2D eigenvalue weighted by atomic mass is 10.1. The van der Waals surface area contributed by atoms with Crippen LogP contribution in [-0.2, 0) is 11.2 Å². The third kappa shape index (κ3) is 6.58. The smallest absolute Gasteiger partial charge is 0.220 e. The molecule has 0 bridgehead atoms. The van der Waals surface area contributed by atoms with E-state index >= 15 is 0 Å². The Morgan fingerprint density at radius 3 is 2.24 bits per heavy atom. The monoisotopic (exact) mass is 470 g/mol. The molecule has 0 aliphatic carbocycles. The number of hydrogen-bond donors (Lipinski definition) is 1. The van der Waals surface area contributed by atoms with Gasteiger partial charge in [0.25, 0.3) is 0 Å². The zero-order valence-electron chi connectivity index (χ0n) is 19.4. The van der Waals surface area contributed by atoms with Gasteiger partial charge in [0.2, 0.25) is 5.91 Å². The van der Waals surface area contributed by atoms with Crippen molar-refractivity contribution in [3.05, 3.63) is 108 Å². The number of unbranched alkanes of at least 4 members (excludes halogenated alkanes) is 1. The average molecular weight is 471 g/mol. The zero-order valence-corrected chi connectivity index (χ0v) is 20.2. The minimum atomic E-state index is 0.0236. The van der Waals surface area contributed by atoms with Gasteiger partial charge in [0.15, 0.2) is 5.16 Å². The summed E-state index contributed by atoms with van der Waals surface area (Å²) in [4.78, 5) is 12.3. The summed E-state index contributed by atoms with van der Waals surface area (Å²) >= 11 is 1.69. The summed E-state index contributed by atoms with van der Waals surface area (Å²) in [6.07, 6.45) is 3.04. The van der Waals surface area contributed by atoms with Gasteiger partial charge >= 0.3 is 0 Å². The normalized spacial score (nSPS) is 11.8. The van der Waals surface area contributed by atoms with Crippen molar-refractivity contribution < 1.29 is 4.79 Å².